The van der Waals surface area contributed by atoms with E-state index in [1.54, 1.807) is 25.1 Å². The molecule has 2 rings (SSSR count). The van der Waals surface area contributed by atoms with Crippen LogP contribution in [0.25, 0.3) is 0 Å². The van der Waals surface area contributed by atoms with Gasteiger partial charge in [0.2, 0.25) is 0 Å². The van der Waals surface area contributed by atoms with E-state index < -0.39 is 17.7 Å². The average molecular weight is 294 g/mol. The summed E-state index contributed by atoms with van der Waals surface area (Å²) in [6, 6.07) is 8.13. The summed E-state index contributed by atoms with van der Waals surface area (Å²) in [7, 11) is 1.51. The molecule has 0 spiro atoms. The van der Waals surface area contributed by atoms with E-state index in [-0.39, 0.29) is 12.2 Å². The van der Waals surface area contributed by atoms with Gasteiger partial charge in [0.15, 0.2) is 0 Å². The lowest BCUT2D eigenvalue weighted by Gasteiger charge is -2.15. The Morgan fingerprint density at radius 2 is 1.90 bits per heavy atom. The molecule has 2 aromatic carbocycles. The molecule has 0 heterocycles. The second-order valence-electron chi connectivity index (χ2n) is 4.60. The highest BCUT2D eigenvalue weighted by Crippen LogP contribution is 2.30. The molecule has 2 aromatic rings. The van der Waals surface area contributed by atoms with E-state index in [1.807, 2.05) is 0 Å². The van der Waals surface area contributed by atoms with Crippen LogP contribution in [0.2, 0.25) is 0 Å². The van der Waals surface area contributed by atoms with Crippen molar-refractivity contribution in [3.8, 4) is 11.5 Å². The van der Waals surface area contributed by atoms with Gasteiger partial charge in [-0.15, -0.1) is 0 Å². The van der Waals surface area contributed by atoms with Gasteiger partial charge in [-0.05, 0) is 37.3 Å². The standard InChI is InChI=1S/C16H16F2O3/c1-10(19)14-5-4-13(20-2)8-16(14)21-9-11-7-12(17)3-6-15(11)18/h3-8,10,19H,9H2,1-2H3. The molecule has 5 heteroatoms. The van der Waals surface area contributed by atoms with Gasteiger partial charge in [-0.1, -0.05) is 0 Å². The molecule has 0 saturated carbocycles. The van der Waals surface area contributed by atoms with Crippen molar-refractivity contribution in [2.75, 3.05) is 7.11 Å². The minimum Gasteiger partial charge on any atom is -0.497 e. The van der Waals surface area contributed by atoms with Crippen LogP contribution in [0, 0.1) is 11.6 Å². The van der Waals surface area contributed by atoms with Gasteiger partial charge in [-0.25, -0.2) is 8.78 Å². The minimum absolute atomic E-state index is 0.106. The van der Waals surface area contributed by atoms with E-state index in [1.165, 1.54) is 7.11 Å². The molecule has 1 unspecified atom stereocenters. The molecule has 0 amide bonds. The van der Waals surface area contributed by atoms with Crippen molar-refractivity contribution in [1.82, 2.24) is 0 Å². The van der Waals surface area contributed by atoms with Crippen LogP contribution in [-0.4, -0.2) is 12.2 Å². The lowest BCUT2D eigenvalue weighted by molar-refractivity contribution is 0.189. The summed E-state index contributed by atoms with van der Waals surface area (Å²) >= 11 is 0. The highest BCUT2D eigenvalue weighted by atomic mass is 19.1. The Morgan fingerprint density at radius 3 is 2.57 bits per heavy atom. The summed E-state index contributed by atoms with van der Waals surface area (Å²) in [5.41, 5.74) is 0.655. The Bertz CT molecular complexity index is 627. The number of halogens is 2. The molecule has 0 aliphatic heterocycles. The molecule has 0 aliphatic rings. The summed E-state index contributed by atoms with van der Waals surface area (Å²) in [5, 5.41) is 9.71. The van der Waals surface area contributed by atoms with E-state index in [4.69, 9.17) is 9.47 Å². The molecule has 21 heavy (non-hydrogen) atoms. The molecule has 0 aliphatic carbocycles. The number of rotatable bonds is 5. The lowest BCUT2D eigenvalue weighted by Crippen LogP contribution is -2.03. The molecule has 3 nitrogen and oxygen atoms in total. The summed E-state index contributed by atoms with van der Waals surface area (Å²) in [4.78, 5) is 0. The third-order valence-corrected chi connectivity index (χ3v) is 3.06. The fourth-order valence-electron chi connectivity index (χ4n) is 1.92. The number of methoxy groups -OCH3 is 1. The van der Waals surface area contributed by atoms with Crippen molar-refractivity contribution in [3.05, 3.63) is 59.2 Å². The second-order valence-corrected chi connectivity index (χ2v) is 4.60. The maximum Gasteiger partial charge on any atom is 0.130 e. The second kappa shape index (κ2) is 6.54. The van der Waals surface area contributed by atoms with Crippen LogP contribution in [0.4, 0.5) is 8.78 Å². The maximum atomic E-state index is 13.6. The summed E-state index contributed by atoms with van der Waals surface area (Å²) < 4.78 is 37.3. The maximum absolute atomic E-state index is 13.6. The first-order chi connectivity index (χ1) is 10.0. The van der Waals surface area contributed by atoms with Crippen LogP contribution in [0.5, 0.6) is 11.5 Å². The molecule has 0 aromatic heterocycles. The van der Waals surface area contributed by atoms with Gasteiger partial charge in [0.05, 0.1) is 13.2 Å². The number of aliphatic hydroxyl groups excluding tert-OH is 1. The quantitative estimate of drug-likeness (QED) is 0.915. The molecular weight excluding hydrogens is 278 g/mol. The number of hydrogen-bond acceptors (Lipinski definition) is 3. The molecular formula is C16H16F2O3. The Hall–Kier alpha value is -2.14. The van der Waals surface area contributed by atoms with E-state index in [0.29, 0.717) is 17.1 Å². The smallest absolute Gasteiger partial charge is 0.130 e. The zero-order valence-corrected chi connectivity index (χ0v) is 11.8. The fraction of sp³-hybridized carbons (Fsp3) is 0.250. The molecule has 1 atom stereocenters. The van der Waals surface area contributed by atoms with Gasteiger partial charge in [0.1, 0.15) is 29.7 Å². The van der Waals surface area contributed by atoms with Crippen molar-refractivity contribution in [3.63, 3.8) is 0 Å². The summed E-state index contributed by atoms with van der Waals surface area (Å²) in [5.74, 6) is -0.156. The van der Waals surface area contributed by atoms with Crippen molar-refractivity contribution >= 4 is 0 Å². The monoisotopic (exact) mass is 294 g/mol. The predicted octanol–water partition coefficient (Wildman–Crippen LogP) is 3.61. The SMILES string of the molecule is COc1ccc(C(C)O)c(OCc2cc(F)ccc2F)c1. The third-order valence-electron chi connectivity index (χ3n) is 3.06. The Kier molecular flexibility index (Phi) is 4.75. The van der Waals surface area contributed by atoms with Crippen molar-refractivity contribution in [2.45, 2.75) is 19.6 Å². The Balaban J connectivity index is 2.24. The van der Waals surface area contributed by atoms with E-state index >= 15 is 0 Å². The zero-order valence-electron chi connectivity index (χ0n) is 11.8. The van der Waals surface area contributed by atoms with Crippen molar-refractivity contribution in [2.24, 2.45) is 0 Å². The van der Waals surface area contributed by atoms with Crippen LogP contribution in [0.15, 0.2) is 36.4 Å². The van der Waals surface area contributed by atoms with Crippen LogP contribution >= 0.6 is 0 Å². The van der Waals surface area contributed by atoms with Crippen LogP contribution < -0.4 is 9.47 Å². The van der Waals surface area contributed by atoms with Crippen LogP contribution in [0.3, 0.4) is 0 Å². The van der Waals surface area contributed by atoms with Gasteiger partial charge in [0.25, 0.3) is 0 Å². The summed E-state index contributed by atoms with van der Waals surface area (Å²) in [6.45, 7) is 1.45. The van der Waals surface area contributed by atoms with Crippen molar-refractivity contribution in [1.29, 1.82) is 0 Å². The molecule has 1 N–H and O–H groups in total. The fourth-order valence-corrected chi connectivity index (χ4v) is 1.92. The number of aliphatic hydroxyl groups is 1. The predicted molar refractivity (Wildman–Crippen MR) is 74.3 cm³/mol. The Morgan fingerprint density at radius 1 is 1.14 bits per heavy atom. The van der Waals surface area contributed by atoms with Gasteiger partial charge < -0.3 is 14.6 Å². The highest BCUT2D eigenvalue weighted by molar-refractivity contribution is 5.42. The number of hydrogen-bond donors (Lipinski definition) is 1. The molecule has 0 bridgehead atoms. The normalized spacial score (nSPS) is 12.0. The van der Waals surface area contributed by atoms with Gasteiger partial charge in [0, 0.05) is 17.2 Å². The lowest BCUT2D eigenvalue weighted by atomic mass is 10.1. The van der Waals surface area contributed by atoms with Crippen LogP contribution in [0.1, 0.15) is 24.2 Å². The van der Waals surface area contributed by atoms with E-state index in [0.717, 1.165) is 18.2 Å². The first-order valence-electron chi connectivity index (χ1n) is 6.44. The van der Waals surface area contributed by atoms with Gasteiger partial charge in [-0.3, -0.25) is 0 Å². The minimum atomic E-state index is -0.747. The third kappa shape index (κ3) is 3.70. The van der Waals surface area contributed by atoms with E-state index in [9.17, 15) is 13.9 Å². The average Bonchev–Trinajstić information content (AvgIpc) is 2.47. The first-order valence-corrected chi connectivity index (χ1v) is 6.44. The Labute approximate surface area is 121 Å². The molecule has 0 saturated heterocycles. The molecule has 112 valence electrons. The topological polar surface area (TPSA) is 38.7 Å². The molecule has 0 fully saturated rings. The van der Waals surface area contributed by atoms with Gasteiger partial charge in [-0.2, -0.15) is 0 Å². The first kappa shape index (κ1) is 15.3. The van der Waals surface area contributed by atoms with Crippen molar-refractivity contribution < 1.29 is 23.4 Å². The largest absolute Gasteiger partial charge is 0.497 e. The number of benzene rings is 2. The van der Waals surface area contributed by atoms with E-state index in [2.05, 4.69) is 0 Å². The molecule has 0 radical (unpaired) electrons. The highest BCUT2D eigenvalue weighted by Gasteiger charge is 2.12. The van der Waals surface area contributed by atoms with Gasteiger partial charge >= 0.3 is 0 Å². The summed E-state index contributed by atoms with van der Waals surface area (Å²) in [6.07, 6.45) is -0.747. The zero-order chi connectivity index (χ0) is 15.4. The number of ether oxygens (including phenoxy) is 2. The van der Waals surface area contributed by atoms with Crippen LogP contribution in [-0.2, 0) is 6.61 Å².